The normalized spacial score (nSPS) is 31.8. The Kier molecular flexibility index (Phi) is 4.65. The van der Waals surface area contributed by atoms with Gasteiger partial charge in [0.1, 0.15) is 5.41 Å². The molecule has 1 saturated carbocycles. The Hall–Kier alpha value is -0.883. The molecule has 0 aromatic rings. The minimum atomic E-state index is -2.46. The third-order valence-electron chi connectivity index (χ3n) is 5.98. The molecule has 2 N–H and O–H groups in total. The Bertz CT molecular complexity index is 514. The van der Waals surface area contributed by atoms with Crippen molar-refractivity contribution in [2.24, 2.45) is 16.7 Å². The zero-order chi connectivity index (χ0) is 18.6. The van der Waals surface area contributed by atoms with Crippen molar-refractivity contribution in [2.75, 3.05) is 0 Å². The second-order valence-electron chi connectivity index (χ2n) is 9.23. The van der Waals surface area contributed by atoms with E-state index < -0.39 is 42.6 Å². The molecule has 1 rings (SSSR count). The highest BCUT2D eigenvalue weighted by molar-refractivity contribution is 6.74. The van der Waals surface area contributed by atoms with E-state index in [1.54, 1.807) is 20.8 Å². The second kappa shape index (κ2) is 5.31. The molecule has 134 valence electrons. The molecule has 3 unspecified atom stereocenters. The van der Waals surface area contributed by atoms with Gasteiger partial charge in [-0.05, 0) is 30.0 Å². The minimum absolute atomic E-state index is 0.196. The van der Waals surface area contributed by atoms with Gasteiger partial charge in [0.15, 0.2) is 13.9 Å². The standard InChI is InChI=1S/C17H32O5Si/c1-10-11-16(12(18)19,14(2,3)4)17(11,13(20)21)22-23(8,9)15(5,6)7/h11H,10H2,1-9H3,(H,18,19)(H,20,21). The molecule has 0 aliphatic heterocycles. The number of rotatable bonds is 5. The van der Waals surface area contributed by atoms with E-state index in [1.807, 2.05) is 40.8 Å². The summed E-state index contributed by atoms with van der Waals surface area (Å²) < 4.78 is 6.33. The number of hydrogen-bond donors (Lipinski definition) is 2. The molecule has 0 radical (unpaired) electrons. The summed E-state index contributed by atoms with van der Waals surface area (Å²) in [7, 11) is -2.46. The average molecular weight is 345 g/mol. The molecule has 23 heavy (non-hydrogen) atoms. The molecule has 0 bridgehead atoms. The smallest absolute Gasteiger partial charge is 0.336 e. The Morgan fingerprint density at radius 2 is 1.48 bits per heavy atom. The van der Waals surface area contributed by atoms with E-state index >= 15 is 0 Å². The monoisotopic (exact) mass is 344 g/mol. The largest absolute Gasteiger partial charge is 0.481 e. The summed E-state index contributed by atoms with van der Waals surface area (Å²) in [6.45, 7) is 17.2. The van der Waals surface area contributed by atoms with Gasteiger partial charge in [0.05, 0.1) is 0 Å². The highest BCUT2D eigenvalue weighted by Crippen LogP contribution is 2.74. The van der Waals surface area contributed by atoms with Crippen LogP contribution in [0.1, 0.15) is 54.9 Å². The first-order chi connectivity index (χ1) is 10.0. The molecular formula is C17H32O5Si. The molecule has 0 amide bonds. The molecule has 1 aliphatic rings. The van der Waals surface area contributed by atoms with Crippen LogP contribution in [0.4, 0.5) is 0 Å². The van der Waals surface area contributed by atoms with Gasteiger partial charge in [-0.15, -0.1) is 0 Å². The van der Waals surface area contributed by atoms with Crippen molar-refractivity contribution in [1.29, 1.82) is 0 Å². The third-order valence-corrected chi connectivity index (χ3v) is 10.4. The fraction of sp³-hybridized carbons (Fsp3) is 0.882. The molecule has 0 aromatic carbocycles. The van der Waals surface area contributed by atoms with E-state index in [2.05, 4.69) is 0 Å². The first-order valence-electron chi connectivity index (χ1n) is 8.21. The zero-order valence-electron chi connectivity index (χ0n) is 15.9. The molecular weight excluding hydrogens is 312 g/mol. The van der Waals surface area contributed by atoms with Crippen LogP contribution in [0.15, 0.2) is 0 Å². The van der Waals surface area contributed by atoms with Crippen LogP contribution in [0.3, 0.4) is 0 Å². The number of aliphatic carboxylic acids is 2. The maximum Gasteiger partial charge on any atom is 0.336 e. The number of carboxylic acid groups (broad SMARTS) is 2. The lowest BCUT2D eigenvalue weighted by atomic mass is 9.73. The van der Waals surface area contributed by atoms with E-state index in [0.29, 0.717) is 6.42 Å². The third kappa shape index (κ3) is 2.45. The van der Waals surface area contributed by atoms with Gasteiger partial charge in [0, 0.05) is 5.92 Å². The van der Waals surface area contributed by atoms with Crippen LogP contribution in [0.5, 0.6) is 0 Å². The van der Waals surface area contributed by atoms with Gasteiger partial charge in [-0.25, -0.2) is 4.79 Å². The maximum absolute atomic E-state index is 12.3. The average Bonchev–Trinajstić information content (AvgIpc) is 2.90. The van der Waals surface area contributed by atoms with E-state index in [9.17, 15) is 19.8 Å². The SMILES string of the molecule is CCC1C(O[Si](C)(C)C(C)(C)C)(C(=O)O)C1(C(=O)O)C(C)(C)C. The quantitative estimate of drug-likeness (QED) is 0.737. The molecule has 1 fully saturated rings. The molecule has 0 aromatic heterocycles. The summed E-state index contributed by atoms with van der Waals surface area (Å²) in [5, 5.41) is 19.8. The van der Waals surface area contributed by atoms with Gasteiger partial charge < -0.3 is 14.6 Å². The minimum Gasteiger partial charge on any atom is -0.481 e. The Balaban J connectivity index is 3.58. The number of hydrogen-bond acceptors (Lipinski definition) is 3. The molecule has 1 aliphatic carbocycles. The first kappa shape index (κ1) is 20.2. The van der Waals surface area contributed by atoms with Crippen LogP contribution in [0, 0.1) is 16.7 Å². The molecule has 3 atom stereocenters. The predicted octanol–water partition coefficient (Wildman–Crippen LogP) is 3.99. The molecule has 6 heteroatoms. The summed E-state index contributed by atoms with van der Waals surface area (Å²) in [6, 6.07) is 0. The topological polar surface area (TPSA) is 83.8 Å². The fourth-order valence-electron chi connectivity index (χ4n) is 3.89. The highest BCUT2D eigenvalue weighted by atomic mass is 28.4. The molecule has 0 spiro atoms. The van der Waals surface area contributed by atoms with Crippen LogP contribution in [0.2, 0.25) is 18.1 Å². The second-order valence-corrected chi connectivity index (χ2v) is 14.0. The van der Waals surface area contributed by atoms with Crippen LogP contribution in [-0.2, 0) is 14.0 Å². The Labute approximate surface area is 140 Å². The van der Waals surface area contributed by atoms with Crippen LogP contribution in [0.25, 0.3) is 0 Å². The Morgan fingerprint density at radius 1 is 1.04 bits per heavy atom. The van der Waals surface area contributed by atoms with Crippen molar-refractivity contribution in [1.82, 2.24) is 0 Å². The molecule has 5 nitrogen and oxygen atoms in total. The Morgan fingerprint density at radius 3 is 1.65 bits per heavy atom. The van der Waals surface area contributed by atoms with Crippen molar-refractivity contribution in [2.45, 2.75) is 78.6 Å². The number of carbonyl (C=O) groups is 2. The van der Waals surface area contributed by atoms with E-state index in [1.165, 1.54) is 0 Å². The molecule has 0 saturated heterocycles. The van der Waals surface area contributed by atoms with E-state index in [-0.39, 0.29) is 5.04 Å². The summed E-state index contributed by atoms with van der Waals surface area (Å²) in [5.41, 5.74) is -3.77. The zero-order valence-corrected chi connectivity index (χ0v) is 16.9. The van der Waals surface area contributed by atoms with Crippen molar-refractivity contribution in [3.8, 4) is 0 Å². The van der Waals surface area contributed by atoms with Crippen molar-refractivity contribution in [3.63, 3.8) is 0 Å². The summed E-state index contributed by atoms with van der Waals surface area (Å²) >= 11 is 0. The van der Waals surface area contributed by atoms with Gasteiger partial charge in [-0.3, -0.25) is 4.79 Å². The van der Waals surface area contributed by atoms with Crippen molar-refractivity contribution in [3.05, 3.63) is 0 Å². The predicted molar refractivity (Wildman–Crippen MR) is 92.0 cm³/mol. The summed E-state index contributed by atoms with van der Waals surface area (Å²) in [4.78, 5) is 24.5. The van der Waals surface area contributed by atoms with Gasteiger partial charge in [-0.2, -0.15) is 0 Å². The van der Waals surface area contributed by atoms with Gasteiger partial charge in [0.25, 0.3) is 0 Å². The van der Waals surface area contributed by atoms with Crippen molar-refractivity contribution < 1.29 is 24.2 Å². The maximum atomic E-state index is 12.3. The van der Waals surface area contributed by atoms with Gasteiger partial charge in [0.2, 0.25) is 0 Å². The van der Waals surface area contributed by atoms with Crippen molar-refractivity contribution >= 4 is 20.3 Å². The summed E-state index contributed by atoms with van der Waals surface area (Å²) in [5.74, 6) is -2.75. The van der Waals surface area contributed by atoms with Crippen LogP contribution < -0.4 is 0 Å². The van der Waals surface area contributed by atoms with E-state index in [0.717, 1.165) is 0 Å². The van der Waals surface area contributed by atoms with Gasteiger partial charge >= 0.3 is 11.9 Å². The lowest BCUT2D eigenvalue weighted by Crippen LogP contribution is -2.53. The summed E-state index contributed by atoms with van der Waals surface area (Å²) in [6.07, 6.45) is 0.463. The number of carboxylic acids is 2. The first-order valence-corrected chi connectivity index (χ1v) is 11.1. The van der Waals surface area contributed by atoms with E-state index in [4.69, 9.17) is 4.43 Å². The van der Waals surface area contributed by atoms with Crippen LogP contribution in [-0.4, -0.2) is 36.1 Å². The fourth-order valence-corrected chi connectivity index (χ4v) is 5.39. The lowest BCUT2D eigenvalue weighted by Gasteiger charge is -2.41. The highest BCUT2D eigenvalue weighted by Gasteiger charge is 2.89. The van der Waals surface area contributed by atoms with Gasteiger partial charge in [-0.1, -0.05) is 48.5 Å². The van der Waals surface area contributed by atoms with Crippen LogP contribution >= 0.6 is 0 Å². The molecule has 0 heterocycles. The lowest BCUT2D eigenvalue weighted by molar-refractivity contribution is -0.163.